The summed E-state index contributed by atoms with van der Waals surface area (Å²) >= 11 is 1.62. The Kier molecular flexibility index (Phi) is 3.53. The van der Waals surface area contributed by atoms with Gasteiger partial charge in [0.15, 0.2) is 5.82 Å². The number of hydrogen-bond acceptors (Lipinski definition) is 5. The zero-order valence-corrected chi connectivity index (χ0v) is 12.5. The maximum absolute atomic E-state index is 6.01. The number of H-pyrrole nitrogens is 1. The van der Waals surface area contributed by atoms with Gasteiger partial charge in [-0.1, -0.05) is 6.07 Å². The lowest BCUT2D eigenvalue weighted by atomic mass is 10.1. The molecule has 21 heavy (non-hydrogen) atoms. The molecule has 0 spiro atoms. The maximum Gasteiger partial charge on any atom is 0.154 e. The van der Waals surface area contributed by atoms with Crippen molar-refractivity contribution in [2.24, 2.45) is 0 Å². The van der Waals surface area contributed by atoms with E-state index < -0.39 is 0 Å². The normalized spacial score (nSPS) is 10.6. The van der Waals surface area contributed by atoms with Crippen LogP contribution in [0.3, 0.4) is 0 Å². The number of nitrogens with zero attached hydrogens (tertiary/aromatic N) is 1. The fourth-order valence-electron chi connectivity index (χ4n) is 2.19. The highest BCUT2D eigenvalue weighted by Gasteiger charge is 2.17. The molecule has 2 aromatic heterocycles. The van der Waals surface area contributed by atoms with Crippen molar-refractivity contribution in [2.45, 2.75) is 0 Å². The molecule has 0 aliphatic heterocycles. The largest absolute Gasteiger partial charge is 0.497 e. The standard InChI is InChI=1S/C15H15N3O2S/c1-19-10-6-9(7-11(8-10)20-2)14-13(15(16)18-17-14)12-4-3-5-21-12/h3-8H,1-2H3,(H3,16,17,18). The number of aromatic nitrogens is 2. The van der Waals surface area contributed by atoms with Gasteiger partial charge in [0.05, 0.1) is 25.5 Å². The summed E-state index contributed by atoms with van der Waals surface area (Å²) in [4.78, 5) is 1.07. The number of rotatable bonds is 4. The average molecular weight is 301 g/mol. The molecule has 0 amide bonds. The lowest BCUT2D eigenvalue weighted by Crippen LogP contribution is -1.90. The highest BCUT2D eigenvalue weighted by molar-refractivity contribution is 7.13. The zero-order valence-electron chi connectivity index (χ0n) is 11.7. The fraction of sp³-hybridized carbons (Fsp3) is 0.133. The number of aromatic amines is 1. The van der Waals surface area contributed by atoms with Gasteiger partial charge < -0.3 is 15.2 Å². The third kappa shape index (κ3) is 2.45. The number of nitrogens with two attached hydrogens (primary N) is 1. The van der Waals surface area contributed by atoms with Crippen molar-refractivity contribution in [3.05, 3.63) is 35.7 Å². The third-order valence-corrected chi connectivity index (χ3v) is 4.09. The molecular weight excluding hydrogens is 286 g/mol. The molecule has 3 N–H and O–H groups in total. The van der Waals surface area contributed by atoms with Gasteiger partial charge in [0, 0.05) is 16.5 Å². The summed E-state index contributed by atoms with van der Waals surface area (Å²) in [5.74, 6) is 1.92. The molecule has 0 aliphatic carbocycles. The predicted molar refractivity (Wildman–Crippen MR) is 84.9 cm³/mol. The number of nitrogen functional groups attached to an aromatic ring is 1. The Balaban J connectivity index is 2.18. The minimum atomic E-state index is 0.481. The number of benzene rings is 1. The minimum absolute atomic E-state index is 0.481. The fourth-order valence-corrected chi connectivity index (χ4v) is 2.97. The van der Waals surface area contributed by atoms with E-state index >= 15 is 0 Å². The van der Waals surface area contributed by atoms with Crippen LogP contribution >= 0.6 is 11.3 Å². The molecule has 0 fully saturated rings. The number of hydrogen-bond donors (Lipinski definition) is 2. The minimum Gasteiger partial charge on any atom is -0.497 e. The van der Waals surface area contributed by atoms with Crippen molar-refractivity contribution in [3.8, 4) is 33.2 Å². The summed E-state index contributed by atoms with van der Waals surface area (Å²) in [7, 11) is 3.25. The van der Waals surface area contributed by atoms with Gasteiger partial charge in [0.25, 0.3) is 0 Å². The average Bonchev–Trinajstić information content (AvgIpc) is 3.15. The van der Waals surface area contributed by atoms with Gasteiger partial charge in [-0.2, -0.15) is 5.10 Å². The van der Waals surface area contributed by atoms with Crippen molar-refractivity contribution in [3.63, 3.8) is 0 Å². The Morgan fingerprint density at radius 1 is 1.14 bits per heavy atom. The van der Waals surface area contributed by atoms with Gasteiger partial charge >= 0.3 is 0 Å². The van der Waals surface area contributed by atoms with E-state index in [1.807, 2.05) is 35.7 Å². The second-order valence-electron chi connectivity index (χ2n) is 4.44. The summed E-state index contributed by atoms with van der Waals surface area (Å²) < 4.78 is 10.6. The van der Waals surface area contributed by atoms with Crippen LogP contribution in [0.5, 0.6) is 11.5 Å². The van der Waals surface area contributed by atoms with E-state index in [4.69, 9.17) is 15.2 Å². The number of anilines is 1. The first kappa shape index (κ1) is 13.5. The second kappa shape index (κ2) is 5.49. The van der Waals surface area contributed by atoms with E-state index in [1.54, 1.807) is 25.6 Å². The van der Waals surface area contributed by atoms with Crippen LogP contribution in [-0.2, 0) is 0 Å². The molecule has 0 saturated carbocycles. The summed E-state index contributed by atoms with van der Waals surface area (Å²) in [5.41, 5.74) is 8.69. The van der Waals surface area contributed by atoms with E-state index in [0.717, 1.165) is 33.2 Å². The molecule has 0 radical (unpaired) electrons. The molecule has 5 nitrogen and oxygen atoms in total. The molecule has 6 heteroatoms. The van der Waals surface area contributed by atoms with Gasteiger partial charge in [-0.25, -0.2) is 0 Å². The number of nitrogens with one attached hydrogen (secondary N) is 1. The first-order valence-electron chi connectivity index (χ1n) is 6.34. The number of ether oxygens (including phenoxy) is 2. The molecule has 108 valence electrons. The van der Waals surface area contributed by atoms with Crippen molar-refractivity contribution in [2.75, 3.05) is 20.0 Å². The van der Waals surface area contributed by atoms with Crippen molar-refractivity contribution in [1.29, 1.82) is 0 Å². The molecule has 0 atom stereocenters. The Hall–Kier alpha value is -2.47. The Morgan fingerprint density at radius 3 is 2.43 bits per heavy atom. The summed E-state index contributed by atoms with van der Waals surface area (Å²) in [6, 6.07) is 9.68. The Bertz CT molecular complexity index is 728. The van der Waals surface area contributed by atoms with Crippen LogP contribution in [0.1, 0.15) is 0 Å². The predicted octanol–water partition coefficient (Wildman–Crippen LogP) is 3.40. The second-order valence-corrected chi connectivity index (χ2v) is 5.39. The van der Waals surface area contributed by atoms with Gasteiger partial charge in [-0.05, 0) is 23.6 Å². The molecule has 0 aliphatic rings. The number of methoxy groups -OCH3 is 2. The molecule has 0 unspecified atom stereocenters. The van der Waals surface area contributed by atoms with Crippen LogP contribution in [0.2, 0.25) is 0 Å². The molecule has 3 aromatic rings. The zero-order chi connectivity index (χ0) is 14.8. The van der Waals surface area contributed by atoms with Crippen LogP contribution in [-0.4, -0.2) is 24.4 Å². The van der Waals surface area contributed by atoms with E-state index in [0.29, 0.717) is 5.82 Å². The lowest BCUT2D eigenvalue weighted by molar-refractivity contribution is 0.394. The molecule has 1 aromatic carbocycles. The smallest absolute Gasteiger partial charge is 0.154 e. The SMILES string of the molecule is COc1cc(OC)cc(-c2[nH]nc(N)c2-c2cccs2)c1. The molecule has 0 bridgehead atoms. The van der Waals surface area contributed by atoms with Crippen molar-refractivity contribution < 1.29 is 9.47 Å². The maximum atomic E-state index is 6.01. The van der Waals surface area contributed by atoms with Crippen molar-refractivity contribution >= 4 is 17.2 Å². The van der Waals surface area contributed by atoms with Crippen LogP contribution in [0, 0.1) is 0 Å². The third-order valence-electron chi connectivity index (χ3n) is 3.20. The van der Waals surface area contributed by atoms with Gasteiger partial charge in [-0.15, -0.1) is 11.3 Å². The van der Waals surface area contributed by atoms with E-state index in [-0.39, 0.29) is 0 Å². The van der Waals surface area contributed by atoms with Crippen molar-refractivity contribution in [1.82, 2.24) is 10.2 Å². The van der Waals surface area contributed by atoms with Gasteiger partial charge in [-0.3, -0.25) is 5.10 Å². The topological polar surface area (TPSA) is 73.2 Å². The summed E-state index contributed by atoms with van der Waals surface area (Å²) in [5, 5.41) is 9.15. The Labute approximate surface area is 126 Å². The van der Waals surface area contributed by atoms with E-state index in [2.05, 4.69) is 10.2 Å². The van der Waals surface area contributed by atoms with E-state index in [1.165, 1.54) is 0 Å². The highest BCUT2D eigenvalue weighted by Crippen LogP contribution is 2.39. The molecule has 2 heterocycles. The van der Waals surface area contributed by atoms with Crippen LogP contribution in [0.15, 0.2) is 35.7 Å². The number of thiophene rings is 1. The van der Waals surface area contributed by atoms with Gasteiger partial charge in [0.2, 0.25) is 0 Å². The Morgan fingerprint density at radius 2 is 1.86 bits per heavy atom. The summed E-state index contributed by atoms with van der Waals surface area (Å²) in [6.45, 7) is 0. The van der Waals surface area contributed by atoms with Gasteiger partial charge in [0.1, 0.15) is 11.5 Å². The van der Waals surface area contributed by atoms with Crippen LogP contribution < -0.4 is 15.2 Å². The molecule has 0 saturated heterocycles. The molecule has 3 rings (SSSR count). The molecular formula is C15H15N3O2S. The quantitative estimate of drug-likeness (QED) is 0.774. The first-order chi connectivity index (χ1) is 10.2. The lowest BCUT2D eigenvalue weighted by Gasteiger charge is -2.08. The van der Waals surface area contributed by atoms with Crippen LogP contribution in [0.25, 0.3) is 21.7 Å². The van der Waals surface area contributed by atoms with E-state index in [9.17, 15) is 0 Å². The monoisotopic (exact) mass is 301 g/mol. The van der Waals surface area contributed by atoms with Crippen LogP contribution in [0.4, 0.5) is 5.82 Å². The first-order valence-corrected chi connectivity index (χ1v) is 7.22. The highest BCUT2D eigenvalue weighted by atomic mass is 32.1. The summed E-state index contributed by atoms with van der Waals surface area (Å²) in [6.07, 6.45) is 0.